The Morgan fingerprint density at radius 2 is 2.42 bits per heavy atom. The van der Waals surface area contributed by atoms with Crippen LogP contribution in [-0.2, 0) is 6.54 Å². The molecular weight excluding hydrogens is 156 g/mol. The van der Waals surface area contributed by atoms with E-state index in [9.17, 15) is 0 Å². The van der Waals surface area contributed by atoms with Gasteiger partial charge in [-0.25, -0.2) is 0 Å². The number of aromatic nitrogens is 2. The molecule has 0 unspecified atom stereocenters. The summed E-state index contributed by atoms with van der Waals surface area (Å²) in [5.41, 5.74) is 7.08. The number of rotatable bonds is 4. The Labute approximate surface area is 71.7 Å². The Morgan fingerprint density at radius 3 is 2.92 bits per heavy atom. The van der Waals surface area contributed by atoms with E-state index >= 15 is 0 Å². The predicted molar refractivity (Wildman–Crippen MR) is 43.9 cm³/mol. The molecule has 12 heavy (non-hydrogen) atoms. The first kappa shape index (κ1) is 8.99. The van der Waals surface area contributed by atoms with Crippen molar-refractivity contribution in [3.05, 3.63) is 11.9 Å². The fourth-order valence-electron chi connectivity index (χ4n) is 0.933. The molecule has 0 aromatic carbocycles. The third kappa shape index (κ3) is 2.87. The third-order valence-corrected chi connectivity index (χ3v) is 1.50. The van der Waals surface area contributed by atoms with Gasteiger partial charge in [-0.2, -0.15) is 0 Å². The van der Waals surface area contributed by atoms with E-state index in [0.29, 0.717) is 0 Å². The molecule has 0 fully saturated rings. The zero-order valence-electron chi connectivity index (χ0n) is 7.45. The van der Waals surface area contributed by atoms with Gasteiger partial charge in [0.25, 0.3) is 0 Å². The van der Waals surface area contributed by atoms with Gasteiger partial charge in [0.1, 0.15) is 5.88 Å². The van der Waals surface area contributed by atoms with Crippen LogP contribution in [0.1, 0.15) is 6.42 Å². The van der Waals surface area contributed by atoms with Crippen LogP contribution in [0.2, 0.25) is 0 Å². The Bertz CT molecular complexity index is 233. The molecule has 1 heterocycles. The van der Waals surface area contributed by atoms with Crippen molar-refractivity contribution in [1.29, 1.82) is 0 Å². The SMILES string of the molecule is CN(C)CCC[n+]1cc([NH-])on1. The highest BCUT2D eigenvalue weighted by Crippen LogP contribution is 2.01. The summed E-state index contributed by atoms with van der Waals surface area (Å²) < 4.78 is 6.23. The zero-order valence-corrected chi connectivity index (χ0v) is 7.45. The number of nitrogens with zero attached hydrogens (tertiary/aromatic N) is 3. The van der Waals surface area contributed by atoms with Crippen LogP contribution < -0.4 is 4.68 Å². The van der Waals surface area contributed by atoms with Crippen LogP contribution in [0.25, 0.3) is 5.73 Å². The normalized spacial score (nSPS) is 10.9. The molecule has 0 spiro atoms. The van der Waals surface area contributed by atoms with Crippen LogP contribution in [0, 0.1) is 0 Å². The second kappa shape index (κ2) is 4.06. The minimum absolute atomic E-state index is 0.111. The molecule has 68 valence electrons. The van der Waals surface area contributed by atoms with Gasteiger partial charge in [-0.1, -0.05) is 4.68 Å². The monoisotopic (exact) mass is 170 g/mol. The minimum atomic E-state index is 0.111. The Kier molecular flexibility index (Phi) is 3.04. The molecule has 0 aliphatic rings. The van der Waals surface area contributed by atoms with E-state index in [1.807, 2.05) is 14.1 Å². The zero-order chi connectivity index (χ0) is 8.97. The summed E-state index contributed by atoms with van der Waals surface area (Å²) >= 11 is 0. The highest BCUT2D eigenvalue weighted by Gasteiger charge is 2.04. The van der Waals surface area contributed by atoms with Gasteiger partial charge < -0.3 is 15.2 Å². The molecule has 0 amide bonds. The highest BCUT2D eigenvalue weighted by molar-refractivity contribution is 5.19. The van der Waals surface area contributed by atoms with E-state index < -0.39 is 0 Å². The van der Waals surface area contributed by atoms with Gasteiger partial charge >= 0.3 is 0 Å². The van der Waals surface area contributed by atoms with Gasteiger partial charge in [-0.15, -0.1) is 0 Å². The Balaban J connectivity index is 2.24. The maximum atomic E-state index is 7.08. The fourth-order valence-corrected chi connectivity index (χ4v) is 0.933. The summed E-state index contributed by atoms with van der Waals surface area (Å²) in [4.78, 5) is 2.11. The van der Waals surface area contributed by atoms with Gasteiger partial charge in [0.15, 0.2) is 11.8 Å². The molecule has 5 nitrogen and oxygen atoms in total. The van der Waals surface area contributed by atoms with E-state index in [1.54, 1.807) is 10.9 Å². The van der Waals surface area contributed by atoms with E-state index in [2.05, 4.69) is 14.7 Å². The first-order valence-electron chi connectivity index (χ1n) is 3.91. The van der Waals surface area contributed by atoms with Crippen LogP contribution in [-0.4, -0.2) is 30.8 Å². The quantitative estimate of drug-likeness (QED) is 0.622. The molecular formula is C7H14N4O. The molecule has 0 saturated carbocycles. The van der Waals surface area contributed by atoms with E-state index in [-0.39, 0.29) is 5.88 Å². The van der Waals surface area contributed by atoms with Crippen molar-refractivity contribution in [2.24, 2.45) is 0 Å². The lowest BCUT2D eigenvalue weighted by Crippen LogP contribution is -2.35. The molecule has 0 radical (unpaired) electrons. The van der Waals surface area contributed by atoms with Gasteiger partial charge in [0, 0.05) is 13.0 Å². The van der Waals surface area contributed by atoms with Crippen molar-refractivity contribution in [1.82, 2.24) is 10.2 Å². The molecule has 0 atom stereocenters. The lowest BCUT2D eigenvalue weighted by Gasteiger charge is -2.05. The first-order valence-corrected chi connectivity index (χ1v) is 3.91. The first-order chi connectivity index (χ1) is 5.68. The van der Waals surface area contributed by atoms with Crippen molar-refractivity contribution < 1.29 is 9.20 Å². The van der Waals surface area contributed by atoms with Crippen LogP contribution in [0.4, 0.5) is 5.88 Å². The molecule has 1 aromatic rings. The minimum Gasteiger partial charge on any atom is -0.660 e. The fraction of sp³-hybridized carbons (Fsp3) is 0.714. The number of hydrogen-bond donors (Lipinski definition) is 0. The maximum Gasteiger partial charge on any atom is 0.222 e. The number of nitrogens with one attached hydrogen (secondary N) is 1. The number of hydrogen-bond acceptors (Lipinski definition) is 3. The van der Waals surface area contributed by atoms with Gasteiger partial charge in [0.05, 0.1) is 0 Å². The third-order valence-electron chi connectivity index (χ3n) is 1.50. The van der Waals surface area contributed by atoms with Crippen molar-refractivity contribution in [3.8, 4) is 0 Å². The molecule has 0 bridgehead atoms. The molecule has 1 N–H and O–H groups in total. The standard InChI is InChI=1S/C7H14N4O/c1-10(2)4-3-5-11-6-7(8)12-9-11/h6,8H,3-5H2,1-2H3. The number of aryl methyl sites for hydroxylation is 1. The molecule has 1 rings (SSSR count). The summed E-state index contributed by atoms with van der Waals surface area (Å²) in [6, 6.07) is 0. The Hall–Kier alpha value is -1.10. The van der Waals surface area contributed by atoms with Crippen LogP contribution in [0.15, 0.2) is 10.7 Å². The summed E-state index contributed by atoms with van der Waals surface area (Å²) in [6.45, 7) is 1.83. The van der Waals surface area contributed by atoms with Crippen LogP contribution in [0.3, 0.4) is 0 Å². The summed E-state index contributed by atoms with van der Waals surface area (Å²) in [7, 11) is 4.06. The Morgan fingerprint density at radius 1 is 1.67 bits per heavy atom. The molecule has 1 aromatic heterocycles. The average molecular weight is 170 g/mol. The lowest BCUT2D eigenvalue weighted by molar-refractivity contribution is -0.762. The van der Waals surface area contributed by atoms with Gasteiger partial charge in [-0.05, 0) is 14.1 Å². The van der Waals surface area contributed by atoms with Crippen molar-refractivity contribution in [3.63, 3.8) is 0 Å². The van der Waals surface area contributed by atoms with Crippen molar-refractivity contribution in [2.75, 3.05) is 20.6 Å². The average Bonchev–Trinajstić information content (AvgIpc) is 2.35. The van der Waals surface area contributed by atoms with E-state index in [1.165, 1.54) is 0 Å². The van der Waals surface area contributed by atoms with Crippen LogP contribution in [0.5, 0.6) is 0 Å². The molecule has 0 aliphatic carbocycles. The topological polar surface area (TPSA) is 57.0 Å². The second-order valence-electron chi connectivity index (χ2n) is 2.99. The smallest absolute Gasteiger partial charge is 0.222 e. The largest absolute Gasteiger partial charge is 0.660 e. The van der Waals surface area contributed by atoms with E-state index in [0.717, 1.165) is 19.5 Å². The van der Waals surface area contributed by atoms with Crippen molar-refractivity contribution >= 4 is 5.88 Å². The molecule has 0 saturated heterocycles. The van der Waals surface area contributed by atoms with Gasteiger partial charge in [0.2, 0.25) is 6.20 Å². The molecule has 0 aliphatic heterocycles. The summed E-state index contributed by atoms with van der Waals surface area (Å²) in [5.74, 6) is 0.111. The highest BCUT2D eigenvalue weighted by atomic mass is 16.5. The summed E-state index contributed by atoms with van der Waals surface area (Å²) in [5, 5.41) is 3.65. The van der Waals surface area contributed by atoms with Gasteiger partial charge in [-0.3, -0.25) is 0 Å². The van der Waals surface area contributed by atoms with Crippen molar-refractivity contribution in [2.45, 2.75) is 13.0 Å². The maximum absolute atomic E-state index is 7.08. The molecule has 5 heteroatoms. The van der Waals surface area contributed by atoms with E-state index in [4.69, 9.17) is 5.73 Å². The van der Waals surface area contributed by atoms with Crippen LogP contribution >= 0.6 is 0 Å². The predicted octanol–water partition coefficient (Wildman–Crippen LogP) is 0.597. The summed E-state index contributed by atoms with van der Waals surface area (Å²) in [6.07, 6.45) is 2.60. The lowest BCUT2D eigenvalue weighted by atomic mass is 10.4. The second-order valence-corrected chi connectivity index (χ2v) is 2.99.